The number of nitrogens with one attached hydrogen (secondary N) is 2. The smallest absolute Gasteiger partial charge is 0.251 e. The second kappa shape index (κ2) is 6.57. The molecular formula is C19H24N2O2. The molecule has 4 nitrogen and oxygen atoms in total. The normalized spacial score (nSPS) is 15.2. The summed E-state index contributed by atoms with van der Waals surface area (Å²) in [4.78, 5) is 27.2. The Labute approximate surface area is 136 Å². The van der Waals surface area contributed by atoms with Crippen molar-refractivity contribution in [2.24, 2.45) is 5.92 Å². The van der Waals surface area contributed by atoms with Gasteiger partial charge in [-0.15, -0.1) is 0 Å². The fraction of sp³-hybridized carbons (Fsp3) is 0.474. The summed E-state index contributed by atoms with van der Waals surface area (Å²) >= 11 is 0. The largest absolute Gasteiger partial charge is 0.356 e. The minimum Gasteiger partial charge on any atom is -0.356 e. The molecule has 0 radical (unpaired) electrons. The van der Waals surface area contributed by atoms with Gasteiger partial charge in [-0.05, 0) is 67.8 Å². The van der Waals surface area contributed by atoms with E-state index in [1.807, 2.05) is 19.1 Å². The van der Waals surface area contributed by atoms with E-state index >= 15 is 0 Å². The monoisotopic (exact) mass is 312 g/mol. The number of benzene rings is 1. The van der Waals surface area contributed by atoms with E-state index in [0.717, 1.165) is 42.1 Å². The number of aromatic nitrogens is 1. The van der Waals surface area contributed by atoms with Gasteiger partial charge in [0.1, 0.15) is 0 Å². The Morgan fingerprint density at radius 3 is 2.61 bits per heavy atom. The molecule has 1 aliphatic carbocycles. The zero-order valence-corrected chi connectivity index (χ0v) is 13.9. The molecule has 1 heterocycles. The molecule has 0 saturated heterocycles. The molecule has 1 aromatic carbocycles. The maximum Gasteiger partial charge on any atom is 0.251 e. The topological polar surface area (TPSA) is 62.0 Å². The Bertz CT molecular complexity index is 786. The lowest BCUT2D eigenvalue weighted by Gasteiger charge is -2.10. The molecule has 4 heteroatoms. The van der Waals surface area contributed by atoms with Gasteiger partial charge in [-0.2, -0.15) is 0 Å². The molecule has 1 aromatic heterocycles. The van der Waals surface area contributed by atoms with Crippen molar-refractivity contribution in [3.05, 3.63) is 45.2 Å². The highest BCUT2D eigenvalue weighted by atomic mass is 16.2. The van der Waals surface area contributed by atoms with E-state index in [0.29, 0.717) is 13.0 Å². The SMILES string of the molecule is Cc1cc2cc(CCNC(=O)C3CCCC3)c(=O)[nH]c2cc1C. The molecule has 0 spiro atoms. The summed E-state index contributed by atoms with van der Waals surface area (Å²) in [6, 6.07) is 6.06. The number of aromatic amines is 1. The lowest BCUT2D eigenvalue weighted by Crippen LogP contribution is -2.31. The molecule has 0 unspecified atom stereocenters. The number of aryl methyl sites for hydroxylation is 2. The summed E-state index contributed by atoms with van der Waals surface area (Å²) in [5, 5.41) is 4.02. The van der Waals surface area contributed by atoms with Crippen molar-refractivity contribution in [2.45, 2.75) is 46.0 Å². The number of fused-ring (bicyclic) bond motifs is 1. The molecule has 1 amide bonds. The molecule has 1 aliphatic rings. The van der Waals surface area contributed by atoms with Crippen LogP contribution in [0, 0.1) is 19.8 Å². The second-order valence-electron chi connectivity index (χ2n) is 6.67. The van der Waals surface area contributed by atoms with E-state index in [-0.39, 0.29) is 17.4 Å². The third kappa shape index (κ3) is 3.46. The van der Waals surface area contributed by atoms with Crippen molar-refractivity contribution < 1.29 is 4.79 Å². The number of amides is 1. The van der Waals surface area contributed by atoms with Crippen molar-refractivity contribution in [3.63, 3.8) is 0 Å². The van der Waals surface area contributed by atoms with Crippen LogP contribution in [0.15, 0.2) is 23.0 Å². The van der Waals surface area contributed by atoms with Crippen LogP contribution in [-0.2, 0) is 11.2 Å². The van der Waals surface area contributed by atoms with Crippen molar-refractivity contribution >= 4 is 16.8 Å². The first-order chi connectivity index (χ1) is 11.0. The van der Waals surface area contributed by atoms with E-state index in [4.69, 9.17) is 0 Å². The first-order valence-corrected chi connectivity index (χ1v) is 8.45. The third-order valence-electron chi connectivity index (χ3n) is 4.95. The highest BCUT2D eigenvalue weighted by Crippen LogP contribution is 2.24. The van der Waals surface area contributed by atoms with Crippen LogP contribution in [0.2, 0.25) is 0 Å². The Balaban J connectivity index is 1.70. The van der Waals surface area contributed by atoms with Crippen molar-refractivity contribution in [3.8, 4) is 0 Å². The number of hydrogen-bond acceptors (Lipinski definition) is 2. The molecule has 0 atom stereocenters. The maximum absolute atomic E-state index is 12.2. The van der Waals surface area contributed by atoms with E-state index in [2.05, 4.69) is 23.3 Å². The second-order valence-corrected chi connectivity index (χ2v) is 6.67. The summed E-state index contributed by atoms with van der Waals surface area (Å²) in [5.74, 6) is 0.321. The third-order valence-corrected chi connectivity index (χ3v) is 4.95. The number of pyridine rings is 1. The fourth-order valence-corrected chi connectivity index (χ4v) is 3.36. The van der Waals surface area contributed by atoms with Gasteiger partial charge in [0.15, 0.2) is 0 Å². The molecular weight excluding hydrogens is 288 g/mol. The van der Waals surface area contributed by atoms with E-state index in [1.165, 1.54) is 11.1 Å². The molecule has 2 aromatic rings. The number of rotatable bonds is 4. The van der Waals surface area contributed by atoms with Gasteiger partial charge in [0.25, 0.3) is 5.56 Å². The molecule has 0 bridgehead atoms. The highest BCUT2D eigenvalue weighted by molar-refractivity contribution is 5.81. The molecule has 1 saturated carbocycles. The molecule has 2 N–H and O–H groups in total. The summed E-state index contributed by atoms with van der Waals surface area (Å²) in [5.41, 5.74) is 3.93. The van der Waals surface area contributed by atoms with Crippen LogP contribution in [0.5, 0.6) is 0 Å². The Hall–Kier alpha value is -2.10. The van der Waals surface area contributed by atoms with Gasteiger partial charge >= 0.3 is 0 Å². The van der Waals surface area contributed by atoms with E-state index in [9.17, 15) is 9.59 Å². The molecule has 0 aliphatic heterocycles. The van der Waals surface area contributed by atoms with Crippen LogP contribution in [0.4, 0.5) is 0 Å². The predicted molar refractivity (Wildman–Crippen MR) is 92.7 cm³/mol. The molecule has 122 valence electrons. The average molecular weight is 312 g/mol. The average Bonchev–Trinajstić information content (AvgIpc) is 3.04. The number of H-pyrrole nitrogens is 1. The van der Waals surface area contributed by atoms with Gasteiger partial charge in [-0.1, -0.05) is 12.8 Å². The number of hydrogen-bond donors (Lipinski definition) is 2. The van der Waals surface area contributed by atoms with Gasteiger partial charge < -0.3 is 10.3 Å². The zero-order chi connectivity index (χ0) is 16.4. The highest BCUT2D eigenvalue weighted by Gasteiger charge is 2.22. The molecule has 3 rings (SSSR count). The number of carbonyl (C=O) groups excluding carboxylic acids is 1. The quantitative estimate of drug-likeness (QED) is 0.911. The lowest BCUT2D eigenvalue weighted by atomic mass is 10.0. The van der Waals surface area contributed by atoms with E-state index in [1.54, 1.807) is 0 Å². The summed E-state index contributed by atoms with van der Waals surface area (Å²) in [6.07, 6.45) is 4.88. The van der Waals surface area contributed by atoms with E-state index < -0.39 is 0 Å². The minimum absolute atomic E-state index is 0.0594. The van der Waals surface area contributed by atoms with Crippen LogP contribution >= 0.6 is 0 Å². The minimum atomic E-state index is -0.0594. The summed E-state index contributed by atoms with van der Waals surface area (Å²) < 4.78 is 0. The Morgan fingerprint density at radius 1 is 1.17 bits per heavy atom. The Morgan fingerprint density at radius 2 is 1.87 bits per heavy atom. The fourth-order valence-electron chi connectivity index (χ4n) is 3.36. The molecule has 1 fully saturated rings. The van der Waals surface area contributed by atoms with Gasteiger partial charge in [0.05, 0.1) is 0 Å². The van der Waals surface area contributed by atoms with Crippen LogP contribution < -0.4 is 10.9 Å². The van der Waals surface area contributed by atoms with Gasteiger partial charge in [0.2, 0.25) is 5.91 Å². The van der Waals surface area contributed by atoms with Crippen molar-refractivity contribution in [1.82, 2.24) is 10.3 Å². The van der Waals surface area contributed by atoms with Crippen LogP contribution in [0.3, 0.4) is 0 Å². The first-order valence-electron chi connectivity index (χ1n) is 8.45. The van der Waals surface area contributed by atoms with Gasteiger partial charge in [-0.25, -0.2) is 0 Å². The summed E-state index contributed by atoms with van der Waals surface area (Å²) in [6.45, 7) is 4.63. The lowest BCUT2D eigenvalue weighted by molar-refractivity contribution is -0.124. The maximum atomic E-state index is 12.2. The van der Waals surface area contributed by atoms with Gasteiger partial charge in [0, 0.05) is 23.5 Å². The standard InChI is InChI=1S/C19H24N2O2/c1-12-9-16-11-15(19(23)21-17(16)10-13(12)2)7-8-20-18(22)14-5-3-4-6-14/h9-11,14H,3-8H2,1-2H3,(H,20,22)(H,21,23). The predicted octanol–water partition coefficient (Wildman–Crippen LogP) is 2.99. The van der Waals surface area contributed by atoms with Crippen molar-refractivity contribution in [2.75, 3.05) is 6.54 Å². The molecule has 23 heavy (non-hydrogen) atoms. The van der Waals surface area contributed by atoms with Gasteiger partial charge in [-0.3, -0.25) is 9.59 Å². The van der Waals surface area contributed by atoms with Crippen molar-refractivity contribution in [1.29, 1.82) is 0 Å². The Kier molecular flexibility index (Phi) is 4.51. The zero-order valence-electron chi connectivity index (χ0n) is 13.9. The van der Waals surface area contributed by atoms with Crippen LogP contribution in [-0.4, -0.2) is 17.4 Å². The van der Waals surface area contributed by atoms with Crippen LogP contribution in [0.1, 0.15) is 42.4 Å². The van der Waals surface area contributed by atoms with Crippen LogP contribution in [0.25, 0.3) is 10.9 Å². The summed E-state index contributed by atoms with van der Waals surface area (Å²) in [7, 11) is 0. The first kappa shape index (κ1) is 15.8. The number of carbonyl (C=O) groups is 1.